The van der Waals surface area contributed by atoms with Crippen LogP contribution in [0.2, 0.25) is 0 Å². The lowest BCUT2D eigenvalue weighted by Crippen LogP contribution is -2.40. The van der Waals surface area contributed by atoms with Crippen LogP contribution in [0.4, 0.5) is 4.79 Å². The molecule has 1 unspecified atom stereocenters. The van der Waals surface area contributed by atoms with E-state index in [0.717, 1.165) is 4.90 Å². The molecule has 3 rings (SSSR count). The van der Waals surface area contributed by atoms with Gasteiger partial charge in [-0.25, -0.2) is 27.8 Å². The predicted molar refractivity (Wildman–Crippen MR) is 90.5 cm³/mol. The molecule has 1 fully saturated rings. The summed E-state index contributed by atoms with van der Waals surface area (Å²) in [4.78, 5) is 28.5. The van der Waals surface area contributed by atoms with Gasteiger partial charge in [-0.2, -0.15) is 0 Å². The minimum absolute atomic E-state index is 0.131. The Labute approximate surface area is 150 Å². The molecule has 2 heterocycles. The van der Waals surface area contributed by atoms with E-state index in [-0.39, 0.29) is 18.2 Å². The molecule has 9 nitrogen and oxygen atoms in total. The van der Waals surface area contributed by atoms with Crippen molar-refractivity contribution < 1.29 is 22.7 Å². The number of imidazole rings is 1. The molecule has 1 N–H and O–H groups in total. The van der Waals surface area contributed by atoms with Gasteiger partial charge in [-0.3, -0.25) is 4.79 Å². The third-order valence-electron chi connectivity index (χ3n) is 4.07. The van der Waals surface area contributed by atoms with Gasteiger partial charge in [0.15, 0.2) is 11.6 Å². The number of hydrogen-bond acceptors (Lipinski definition) is 6. The van der Waals surface area contributed by atoms with Crippen LogP contribution < -0.4 is 4.72 Å². The monoisotopic (exact) mass is 378 g/mol. The smallest absolute Gasteiger partial charge is 0.417 e. The molecule has 1 atom stereocenters. The van der Waals surface area contributed by atoms with E-state index in [9.17, 15) is 18.0 Å². The van der Waals surface area contributed by atoms with Gasteiger partial charge in [0.1, 0.15) is 5.82 Å². The molecular formula is C16H18N4O5S. The van der Waals surface area contributed by atoms with Gasteiger partial charge in [0.25, 0.3) is 15.9 Å². The van der Waals surface area contributed by atoms with Crippen molar-refractivity contribution in [3.05, 3.63) is 47.9 Å². The van der Waals surface area contributed by atoms with Crippen LogP contribution in [0.3, 0.4) is 0 Å². The molecule has 1 aromatic carbocycles. The standard InChI is InChI=1S/C16H18N4O5S/c1-11-17-14(9-19(11)2)26(23,24)18-13(12-6-4-3-5-7-12)8-20-15(21)10-25-16(20)22/h3-7,9,13,18H,8,10H2,1-2H3. The molecule has 0 bridgehead atoms. The Bertz CT molecular complexity index is 903. The Morgan fingerprint density at radius 2 is 1.96 bits per heavy atom. The number of aromatic nitrogens is 2. The molecule has 2 amide bonds. The van der Waals surface area contributed by atoms with Crippen molar-refractivity contribution in [2.24, 2.45) is 7.05 Å². The van der Waals surface area contributed by atoms with Crippen molar-refractivity contribution >= 4 is 22.0 Å². The number of nitrogens with zero attached hydrogens (tertiary/aromatic N) is 3. The summed E-state index contributed by atoms with van der Waals surface area (Å²) in [7, 11) is -2.27. The third-order valence-corrected chi connectivity index (χ3v) is 5.41. The maximum absolute atomic E-state index is 12.7. The Morgan fingerprint density at radius 1 is 1.27 bits per heavy atom. The summed E-state index contributed by atoms with van der Waals surface area (Å²) in [6.45, 7) is 1.17. The molecule has 1 saturated heterocycles. The SMILES string of the molecule is Cc1nc(S(=O)(=O)NC(CN2C(=O)COC2=O)c2ccccc2)cn1C. The van der Waals surface area contributed by atoms with E-state index in [1.165, 1.54) is 6.20 Å². The van der Waals surface area contributed by atoms with Gasteiger partial charge in [0, 0.05) is 13.2 Å². The van der Waals surface area contributed by atoms with E-state index >= 15 is 0 Å². The van der Waals surface area contributed by atoms with E-state index < -0.39 is 28.1 Å². The largest absolute Gasteiger partial charge is 0.439 e. The van der Waals surface area contributed by atoms with Gasteiger partial charge in [0.05, 0.1) is 12.6 Å². The molecule has 0 radical (unpaired) electrons. The highest BCUT2D eigenvalue weighted by Crippen LogP contribution is 2.20. The molecule has 1 aliphatic heterocycles. The van der Waals surface area contributed by atoms with Gasteiger partial charge < -0.3 is 9.30 Å². The van der Waals surface area contributed by atoms with Crippen LogP contribution in [0.15, 0.2) is 41.6 Å². The number of rotatable bonds is 6. The van der Waals surface area contributed by atoms with E-state index in [0.29, 0.717) is 11.4 Å². The molecule has 0 spiro atoms. The first-order chi connectivity index (χ1) is 12.3. The van der Waals surface area contributed by atoms with Crippen LogP contribution in [0.1, 0.15) is 17.4 Å². The van der Waals surface area contributed by atoms with Crippen LogP contribution >= 0.6 is 0 Å². The highest BCUT2D eigenvalue weighted by atomic mass is 32.2. The fraction of sp³-hybridized carbons (Fsp3) is 0.312. The van der Waals surface area contributed by atoms with Crippen LogP contribution in [0, 0.1) is 6.92 Å². The number of hydrogen-bond donors (Lipinski definition) is 1. The van der Waals surface area contributed by atoms with Crippen molar-refractivity contribution in [1.29, 1.82) is 0 Å². The molecule has 1 aliphatic rings. The first kappa shape index (κ1) is 18.1. The maximum Gasteiger partial charge on any atom is 0.417 e. The zero-order valence-corrected chi connectivity index (χ0v) is 15.1. The molecule has 0 saturated carbocycles. The Hall–Kier alpha value is -2.72. The van der Waals surface area contributed by atoms with Gasteiger partial charge in [0.2, 0.25) is 0 Å². The number of sulfonamides is 1. The fourth-order valence-electron chi connectivity index (χ4n) is 2.54. The molecule has 10 heteroatoms. The topological polar surface area (TPSA) is 111 Å². The zero-order valence-electron chi connectivity index (χ0n) is 14.2. The fourth-order valence-corrected chi connectivity index (χ4v) is 3.79. The molecule has 138 valence electrons. The number of benzene rings is 1. The maximum atomic E-state index is 12.7. The first-order valence-corrected chi connectivity index (χ1v) is 9.30. The average Bonchev–Trinajstić information content (AvgIpc) is 3.11. The molecule has 0 aliphatic carbocycles. The van der Waals surface area contributed by atoms with Crippen LogP contribution in [-0.4, -0.2) is 48.0 Å². The average molecular weight is 378 g/mol. The lowest BCUT2D eigenvalue weighted by atomic mass is 10.1. The predicted octanol–water partition coefficient (Wildman–Crippen LogP) is 0.727. The van der Waals surface area contributed by atoms with E-state index in [1.807, 2.05) is 0 Å². The normalized spacial score (nSPS) is 16.0. The lowest BCUT2D eigenvalue weighted by Gasteiger charge is -2.22. The van der Waals surface area contributed by atoms with Gasteiger partial charge in [-0.15, -0.1) is 0 Å². The van der Waals surface area contributed by atoms with Crippen molar-refractivity contribution in [3.63, 3.8) is 0 Å². The van der Waals surface area contributed by atoms with Crippen molar-refractivity contribution in [1.82, 2.24) is 19.2 Å². The Balaban J connectivity index is 1.91. The minimum Gasteiger partial charge on any atom is -0.439 e. The second-order valence-corrected chi connectivity index (χ2v) is 7.54. The highest BCUT2D eigenvalue weighted by molar-refractivity contribution is 7.89. The number of carbonyl (C=O) groups is 2. The van der Waals surface area contributed by atoms with Crippen molar-refractivity contribution in [3.8, 4) is 0 Å². The van der Waals surface area contributed by atoms with E-state index in [4.69, 9.17) is 4.74 Å². The molecule has 2 aromatic rings. The third kappa shape index (κ3) is 3.60. The van der Waals surface area contributed by atoms with Crippen LogP contribution in [0.5, 0.6) is 0 Å². The van der Waals surface area contributed by atoms with E-state index in [1.54, 1.807) is 48.9 Å². The van der Waals surface area contributed by atoms with Gasteiger partial charge >= 0.3 is 6.09 Å². The lowest BCUT2D eigenvalue weighted by molar-refractivity contribution is -0.126. The van der Waals surface area contributed by atoms with Gasteiger partial charge in [-0.1, -0.05) is 30.3 Å². The summed E-state index contributed by atoms with van der Waals surface area (Å²) in [5, 5.41) is -0.131. The summed E-state index contributed by atoms with van der Waals surface area (Å²) in [5.74, 6) is 0.0312. The summed E-state index contributed by atoms with van der Waals surface area (Å²) in [6.07, 6.45) is 0.610. The highest BCUT2D eigenvalue weighted by Gasteiger charge is 2.35. The molecule has 1 aromatic heterocycles. The summed E-state index contributed by atoms with van der Waals surface area (Å²) < 4.78 is 34.2. The van der Waals surface area contributed by atoms with Gasteiger partial charge in [-0.05, 0) is 12.5 Å². The minimum atomic E-state index is -3.96. The van der Waals surface area contributed by atoms with Crippen molar-refractivity contribution in [2.75, 3.05) is 13.2 Å². The van der Waals surface area contributed by atoms with Crippen LogP contribution in [0.25, 0.3) is 0 Å². The van der Waals surface area contributed by atoms with E-state index in [2.05, 4.69) is 9.71 Å². The quantitative estimate of drug-likeness (QED) is 0.793. The Kier molecular flexibility index (Phi) is 4.79. The van der Waals surface area contributed by atoms with Crippen LogP contribution in [-0.2, 0) is 26.6 Å². The number of aryl methyl sites for hydroxylation is 2. The zero-order chi connectivity index (χ0) is 18.9. The van der Waals surface area contributed by atoms with Crippen molar-refractivity contribution in [2.45, 2.75) is 18.0 Å². The molecular weight excluding hydrogens is 360 g/mol. The summed E-state index contributed by atoms with van der Waals surface area (Å²) in [6, 6.07) is 7.85. The molecule has 26 heavy (non-hydrogen) atoms. The Morgan fingerprint density at radius 3 is 2.50 bits per heavy atom. The first-order valence-electron chi connectivity index (χ1n) is 7.82. The number of cyclic esters (lactones) is 1. The number of imide groups is 1. The second kappa shape index (κ2) is 6.89. The number of ether oxygens (including phenoxy) is 1. The number of nitrogens with one attached hydrogen (secondary N) is 1. The number of carbonyl (C=O) groups excluding carboxylic acids is 2. The number of amides is 2. The second-order valence-electron chi connectivity index (χ2n) is 5.88. The summed E-state index contributed by atoms with van der Waals surface area (Å²) in [5.41, 5.74) is 0.608. The summed E-state index contributed by atoms with van der Waals surface area (Å²) >= 11 is 0.